The second-order valence-corrected chi connectivity index (χ2v) is 9.26. The number of benzene rings is 3. The Balaban J connectivity index is 1.38. The number of aryl methyl sites for hydroxylation is 1. The van der Waals surface area contributed by atoms with Crippen LogP contribution >= 0.6 is 35.1 Å². The molecular weight excluding hydrogens is 418 g/mol. The molecule has 0 saturated carbocycles. The highest BCUT2D eigenvalue weighted by atomic mass is 35.5. The van der Waals surface area contributed by atoms with Crippen LogP contribution in [-0.4, -0.2) is 18.2 Å². The van der Waals surface area contributed by atoms with Gasteiger partial charge >= 0.3 is 0 Å². The number of hydrogen-bond acceptors (Lipinski definition) is 3. The van der Waals surface area contributed by atoms with Crippen LogP contribution in [0.2, 0.25) is 5.02 Å². The Morgan fingerprint density at radius 2 is 1.66 bits per heavy atom. The SMILES string of the molecule is Cc1ccc(SCc2ccc(C(=O)NCCSCc3ccccc3Cl)cc2)cc1. The van der Waals surface area contributed by atoms with E-state index in [9.17, 15) is 4.79 Å². The summed E-state index contributed by atoms with van der Waals surface area (Å²) < 4.78 is 0. The Labute approximate surface area is 186 Å². The summed E-state index contributed by atoms with van der Waals surface area (Å²) in [5.41, 5.74) is 4.31. The molecule has 0 unspecified atom stereocenters. The molecule has 150 valence electrons. The maximum absolute atomic E-state index is 12.3. The van der Waals surface area contributed by atoms with Crippen LogP contribution in [-0.2, 0) is 11.5 Å². The summed E-state index contributed by atoms with van der Waals surface area (Å²) in [6.45, 7) is 2.73. The van der Waals surface area contributed by atoms with E-state index in [-0.39, 0.29) is 5.91 Å². The first-order chi connectivity index (χ1) is 14.1. The van der Waals surface area contributed by atoms with Gasteiger partial charge in [0, 0.05) is 39.3 Å². The van der Waals surface area contributed by atoms with Crippen LogP contribution in [0.25, 0.3) is 0 Å². The van der Waals surface area contributed by atoms with E-state index in [1.807, 2.05) is 48.5 Å². The molecular formula is C24H24ClNOS2. The summed E-state index contributed by atoms with van der Waals surface area (Å²) in [4.78, 5) is 13.6. The number of halogens is 1. The minimum atomic E-state index is -0.0268. The standard InChI is InChI=1S/C24H24ClNOS2/c1-18-6-12-22(13-7-18)29-16-19-8-10-20(11-9-19)24(27)26-14-15-28-17-21-4-2-3-5-23(21)25/h2-13H,14-17H2,1H3,(H,26,27). The topological polar surface area (TPSA) is 29.1 Å². The zero-order valence-corrected chi connectivity index (χ0v) is 18.7. The molecule has 3 aromatic carbocycles. The normalized spacial score (nSPS) is 10.7. The first-order valence-corrected chi connectivity index (χ1v) is 12.0. The minimum Gasteiger partial charge on any atom is -0.351 e. The zero-order valence-electron chi connectivity index (χ0n) is 16.4. The van der Waals surface area contributed by atoms with E-state index in [1.165, 1.54) is 16.0 Å². The molecule has 0 fully saturated rings. The van der Waals surface area contributed by atoms with Crippen molar-refractivity contribution in [3.63, 3.8) is 0 Å². The van der Waals surface area contributed by atoms with Gasteiger partial charge in [-0.05, 0) is 48.4 Å². The summed E-state index contributed by atoms with van der Waals surface area (Å²) >= 11 is 9.72. The van der Waals surface area contributed by atoms with Gasteiger partial charge in [-0.3, -0.25) is 4.79 Å². The van der Waals surface area contributed by atoms with Crippen LogP contribution in [0.5, 0.6) is 0 Å². The van der Waals surface area contributed by atoms with Crippen molar-refractivity contribution < 1.29 is 4.79 Å². The number of carbonyl (C=O) groups is 1. The van der Waals surface area contributed by atoms with Crippen molar-refractivity contribution in [1.29, 1.82) is 0 Å². The maximum atomic E-state index is 12.3. The highest BCUT2D eigenvalue weighted by Crippen LogP contribution is 2.23. The molecule has 0 aliphatic rings. The van der Waals surface area contributed by atoms with Crippen molar-refractivity contribution in [2.75, 3.05) is 12.3 Å². The van der Waals surface area contributed by atoms with Gasteiger partial charge in [0.05, 0.1) is 0 Å². The molecule has 3 aromatic rings. The quantitative estimate of drug-likeness (QED) is 0.299. The fraction of sp³-hybridized carbons (Fsp3) is 0.208. The van der Waals surface area contributed by atoms with E-state index >= 15 is 0 Å². The maximum Gasteiger partial charge on any atom is 0.251 e. The summed E-state index contributed by atoms with van der Waals surface area (Å²) in [6.07, 6.45) is 0. The van der Waals surface area contributed by atoms with Crippen molar-refractivity contribution in [1.82, 2.24) is 5.32 Å². The van der Waals surface area contributed by atoms with Gasteiger partial charge in [0.1, 0.15) is 0 Å². The van der Waals surface area contributed by atoms with E-state index in [0.29, 0.717) is 12.1 Å². The average molecular weight is 442 g/mol. The third kappa shape index (κ3) is 7.14. The van der Waals surface area contributed by atoms with E-state index in [4.69, 9.17) is 11.6 Å². The monoisotopic (exact) mass is 441 g/mol. The second-order valence-electron chi connectivity index (χ2n) is 6.70. The van der Waals surface area contributed by atoms with Gasteiger partial charge in [-0.25, -0.2) is 0 Å². The van der Waals surface area contributed by atoms with Gasteiger partial charge in [0.15, 0.2) is 0 Å². The predicted octanol–water partition coefficient (Wildman–Crippen LogP) is 6.60. The molecule has 2 nitrogen and oxygen atoms in total. The number of hydrogen-bond donors (Lipinski definition) is 1. The molecule has 0 atom stereocenters. The van der Waals surface area contributed by atoms with Gasteiger partial charge in [-0.2, -0.15) is 11.8 Å². The molecule has 0 bridgehead atoms. The average Bonchev–Trinajstić information content (AvgIpc) is 2.74. The lowest BCUT2D eigenvalue weighted by molar-refractivity contribution is 0.0956. The summed E-state index contributed by atoms with van der Waals surface area (Å²) in [5.74, 6) is 2.57. The van der Waals surface area contributed by atoms with Crippen molar-refractivity contribution in [3.05, 3.63) is 100 Å². The number of thioether (sulfide) groups is 2. The van der Waals surface area contributed by atoms with Crippen molar-refractivity contribution in [3.8, 4) is 0 Å². The first-order valence-electron chi connectivity index (χ1n) is 9.49. The van der Waals surface area contributed by atoms with Crippen LogP contribution in [0.4, 0.5) is 0 Å². The van der Waals surface area contributed by atoms with Gasteiger partial charge < -0.3 is 5.32 Å². The molecule has 0 aromatic heterocycles. The van der Waals surface area contributed by atoms with Crippen molar-refractivity contribution in [2.24, 2.45) is 0 Å². The van der Waals surface area contributed by atoms with Crippen LogP contribution in [0.3, 0.4) is 0 Å². The fourth-order valence-corrected chi connectivity index (χ4v) is 4.69. The van der Waals surface area contributed by atoms with Crippen molar-refractivity contribution >= 4 is 41.0 Å². The van der Waals surface area contributed by atoms with E-state index < -0.39 is 0 Å². The van der Waals surface area contributed by atoms with E-state index in [1.54, 1.807) is 23.5 Å². The fourth-order valence-electron chi connectivity index (χ4n) is 2.69. The molecule has 5 heteroatoms. The molecule has 29 heavy (non-hydrogen) atoms. The van der Waals surface area contributed by atoms with Gasteiger partial charge in [-0.15, -0.1) is 11.8 Å². The summed E-state index contributed by atoms with van der Waals surface area (Å²) in [7, 11) is 0. The molecule has 0 aliphatic heterocycles. The predicted molar refractivity (Wildman–Crippen MR) is 127 cm³/mol. The lowest BCUT2D eigenvalue weighted by atomic mass is 10.1. The first kappa shape index (κ1) is 21.8. The molecule has 1 N–H and O–H groups in total. The second kappa shape index (κ2) is 11.3. The number of amides is 1. The molecule has 0 heterocycles. The molecule has 1 amide bonds. The van der Waals surface area contributed by atoms with E-state index in [0.717, 1.165) is 27.8 Å². The Bertz CT molecular complexity index is 926. The number of carbonyl (C=O) groups excluding carboxylic acids is 1. The highest BCUT2D eigenvalue weighted by molar-refractivity contribution is 7.98. The Morgan fingerprint density at radius 1 is 0.931 bits per heavy atom. The lowest BCUT2D eigenvalue weighted by Crippen LogP contribution is -2.25. The van der Waals surface area contributed by atoms with Crippen molar-refractivity contribution in [2.45, 2.75) is 23.3 Å². The Kier molecular flexibility index (Phi) is 8.53. The lowest BCUT2D eigenvalue weighted by Gasteiger charge is -2.07. The number of nitrogens with one attached hydrogen (secondary N) is 1. The zero-order chi connectivity index (χ0) is 20.5. The molecule has 0 spiro atoms. The van der Waals surface area contributed by atoms with Crippen LogP contribution in [0, 0.1) is 6.92 Å². The summed E-state index contributed by atoms with van der Waals surface area (Å²) in [5, 5.41) is 3.78. The van der Waals surface area contributed by atoms with Crippen LogP contribution in [0.15, 0.2) is 77.7 Å². The van der Waals surface area contributed by atoms with Gasteiger partial charge in [0.25, 0.3) is 5.91 Å². The Morgan fingerprint density at radius 3 is 2.38 bits per heavy atom. The van der Waals surface area contributed by atoms with Gasteiger partial charge in [0.2, 0.25) is 0 Å². The van der Waals surface area contributed by atoms with E-state index in [2.05, 4.69) is 36.5 Å². The molecule has 3 rings (SSSR count). The van der Waals surface area contributed by atoms with Crippen LogP contribution in [0.1, 0.15) is 27.0 Å². The number of rotatable bonds is 9. The molecule has 0 radical (unpaired) electrons. The largest absolute Gasteiger partial charge is 0.351 e. The third-order valence-corrected chi connectivity index (χ3v) is 6.85. The third-order valence-electron chi connectivity index (χ3n) is 4.39. The minimum absolute atomic E-state index is 0.0268. The molecule has 0 saturated heterocycles. The Hall–Kier alpha value is -1.88. The highest BCUT2D eigenvalue weighted by Gasteiger charge is 2.06. The van der Waals surface area contributed by atoms with Gasteiger partial charge in [-0.1, -0.05) is 59.6 Å². The smallest absolute Gasteiger partial charge is 0.251 e. The van der Waals surface area contributed by atoms with Crippen LogP contribution < -0.4 is 5.32 Å². The summed E-state index contributed by atoms with van der Waals surface area (Å²) in [6, 6.07) is 24.3. The molecule has 0 aliphatic carbocycles.